The van der Waals surface area contributed by atoms with Crippen molar-refractivity contribution in [2.75, 3.05) is 6.54 Å². The Bertz CT molecular complexity index is 755. The van der Waals surface area contributed by atoms with E-state index < -0.39 is 24.3 Å². The lowest BCUT2D eigenvalue weighted by Crippen LogP contribution is -2.41. The molecule has 3 N–H and O–H groups in total. The van der Waals surface area contributed by atoms with E-state index in [0.29, 0.717) is 16.6 Å². The molecule has 1 aromatic rings. The summed E-state index contributed by atoms with van der Waals surface area (Å²) in [5.74, 6) is -1.16. The minimum Gasteiger partial charge on any atom is -0.507 e. The summed E-state index contributed by atoms with van der Waals surface area (Å²) in [4.78, 5) is 22.3. The lowest BCUT2D eigenvalue weighted by atomic mass is 9.76. The van der Waals surface area contributed by atoms with Crippen LogP contribution in [0.15, 0.2) is 23.7 Å². The zero-order valence-electron chi connectivity index (χ0n) is 16.3. The third-order valence-corrected chi connectivity index (χ3v) is 4.89. The Morgan fingerprint density at radius 2 is 1.78 bits per heavy atom. The van der Waals surface area contributed by atoms with Crippen molar-refractivity contribution in [3.63, 3.8) is 0 Å². The second-order valence-corrected chi connectivity index (χ2v) is 7.68. The first-order valence-electron chi connectivity index (χ1n) is 8.75. The van der Waals surface area contributed by atoms with E-state index in [9.17, 15) is 14.7 Å². The number of aliphatic carboxylic acids is 1. The van der Waals surface area contributed by atoms with Crippen molar-refractivity contribution >= 4 is 25.1 Å². The lowest BCUT2D eigenvalue weighted by Gasteiger charge is -2.32. The summed E-state index contributed by atoms with van der Waals surface area (Å²) in [6, 6.07) is 4.61. The molecular weight excluding hydrogens is 349 g/mol. The smallest absolute Gasteiger partial charge is 0.492 e. The van der Waals surface area contributed by atoms with Gasteiger partial charge in [-0.15, -0.1) is 0 Å². The van der Waals surface area contributed by atoms with Crippen LogP contribution in [0.2, 0.25) is 0 Å². The molecule has 8 heteroatoms. The second kappa shape index (κ2) is 7.74. The summed E-state index contributed by atoms with van der Waals surface area (Å²) in [5.41, 5.74) is 0.496. The third kappa shape index (κ3) is 5.11. The zero-order chi connectivity index (χ0) is 20.4. The average molecular weight is 375 g/mol. The number of rotatable bonds is 6. The molecular formula is C19H26BNO6. The van der Waals surface area contributed by atoms with Crippen molar-refractivity contribution in [1.29, 1.82) is 0 Å². The molecule has 2 rings (SSSR count). The van der Waals surface area contributed by atoms with Crippen LogP contribution in [0.5, 0.6) is 5.75 Å². The highest BCUT2D eigenvalue weighted by Crippen LogP contribution is 2.39. The Balaban J connectivity index is 2.39. The summed E-state index contributed by atoms with van der Waals surface area (Å²) < 4.78 is 12.1. The van der Waals surface area contributed by atoms with E-state index in [1.807, 2.05) is 27.7 Å². The van der Waals surface area contributed by atoms with Crippen LogP contribution in [0.3, 0.4) is 0 Å². The van der Waals surface area contributed by atoms with Gasteiger partial charge in [0.05, 0.1) is 17.6 Å². The zero-order valence-corrected chi connectivity index (χ0v) is 16.3. The summed E-state index contributed by atoms with van der Waals surface area (Å²) >= 11 is 0. The number of hydrogen-bond acceptors (Lipinski definition) is 5. The third-order valence-electron chi connectivity index (χ3n) is 4.89. The van der Waals surface area contributed by atoms with E-state index >= 15 is 0 Å². The minimum absolute atomic E-state index is 0.000908. The molecule has 1 aliphatic rings. The van der Waals surface area contributed by atoms with Crippen molar-refractivity contribution in [2.24, 2.45) is 0 Å². The summed E-state index contributed by atoms with van der Waals surface area (Å²) in [7, 11) is -0.704. The van der Waals surface area contributed by atoms with E-state index in [4.69, 9.17) is 14.4 Å². The predicted molar refractivity (Wildman–Crippen MR) is 102 cm³/mol. The van der Waals surface area contributed by atoms with Crippen LogP contribution < -0.4 is 5.32 Å². The van der Waals surface area contributed by atoms with Gasteiger partial charge in [-0.2, -0.15) is 0 Å². The number of benzene rings is 1. The number of carboxylic acids is 1. The first-order valence-corrected chi connectivity index (χ1v) is 8.75. The van der Waals surface area contributed by atoms with Crippen molar-refractivity contribution < 1.29 is 29.1 Å². The highest BCUT2D eigenvalue weighted by molar-refractivity contribution is 6.56. The maximum absolute atomic E-state index is 11.4. The molecule has 7 nitrogen and oxygen atoms in total. The lowest BCUT2D eigenvalue weighted by molar-refractivity contribution is -0.136. The molecule has 146 valence electrons. The Morgan fingerprint density at radius 1 is 1.19 bits per heavy atom. The molecule has 1 amide bonds. The average Bonchev–Trinajstić information content (AvgIpc) is 2.73. The Hall–Kier alpha value is -2.32. The number of amides is 1. The molecule has 1 fully saturated rings. The van der Waals surface area contributed by atoms with Crippen LogP contribution in [-0.4, -0.2) is 47.0 Å². The van der Waals surface area contributed by atoms with Crippen LogP contribution in [0, 0.1) is 0 Å². The van der Waals surface area contributed by atoms with Gasteiger partial charge < -0.3 is 24.8 Å². The van der Waals surface area contributed by atoms with Gasteiger partial charge in [0, 0.05) is 19.0 Å². The van der Waals surface area contributed by atoms with Crippen LogP contribution >= 0.6 is 0 Å². The number of nitrogens with one attached hydrogen (secondary N) is 1. The number of carbonyl (C=O) groups is 2. The summed E-state index contributed by atoms with van der Waals surface area (Å²) in [6.45, 7) is 9.28. The molecule has 0 radical (unpaired) electrons. The molecule has 1 saturated heterocycles. The van der Waals surface area contributed by atoms with Gasteiger partial charge in [-0.05, 0) is 50.9 Å². The largest absolute Gasteiger partial charge is 0.507 e. The standard InChI is InChI=1S/C19H26BNO6/c1-12(22)21-11-15(20-26-18(2,3)19(4,5)27-20)10-14-8-13(9-17(24)25)6-7-16(14)23/h6-8,10,23H,9,11H2,1-5H3,(H,21,22)(H,24,25). The van der Waals surface area contributed by atoms with Gasteiger partial charge in [0.15, 0.2) is 0 Å². The minimum atomic E-state index is -0.958. The van der Waals surface area contributed by atoms with Gasteiger partial charge in [-0.3, -0.25) is 9.59 Å². The second-order valence-electron chi connectivity index (χ2n) is 7.68. The van der Waals surface area contributed by atoms with Gasteiger partial charge in [-0.25, -0.2) is 0 Å². The van der Waals surface area contributed by atoms with Gasteiger partial charge >= 0.3 is 13.1 Å². The van der Waals surface area contributed by atoms with Crippen LogP contribution in [0.25, 0.3) is 6.08 Å². The van der Waals surface area contributed by atoms with Gasteiger partial charge in [0.1, 0.15) is 5.75 Å². The molecule has 0 atom stereocenters. The van der Waals surface area contributed by atoms with E-state index in [0.717, 1.165) is 0 Å². The SMILES string of the molecule is CC(=O)NCC(=Cc1cc(CC(=O)O)ccc1O)B1OC(C)(C)C(C)(C)O1. The topological polar surface area (TPSA) is 105 Å². The molecule has 1 heterocycles. The van der Waals surface area contributed by atoms with Crippen LogP contribution in [-0.2, 0) is 25.3 Å². The highest BCUT2D eigenvalue weighted by Gasteiger charge is 2.52. The fraction of sp³-hybridized carbons (Fsp3) is 0.474. The number of carboxylic acid groups (broad SMARTS) is 1. The molecule has 0 aromatic heterocycles. The first kappa shape index (κ1) is 21.0. The number of hydrogen-bond donors (Lipinski definition) is 3. The Kier molecular flexibility index (Phi) is 6.02. The summed E-state index contributed by atoms with van der Waals surface area (Å²) in [6.07, 6.45) is 1.51. The normalized spacial score (nSPS) is 18.4. The quantitative estimate of drug-likeness (QED) is 0.659. The van der Waals surface area contributed by atoms with Crippen molar-refractivity contribution in [1.82, 2.24) is 5.32 Å². The monoisotopic (exact) mass is 375 g/mol. The predicted octanol–water partition coefficient (Wildman–Crippen LogP) is 2.17. The van der Waals surface area contributed by atoms with Crippen molar-refractivity contribution in [3.8, 4) is 5.75 Å². The van der Waals surface area contributed by atoms with Crippen molar-refractivity contribution in [2.45, 2.75) is 52.2 Å². The number of phenolic OH excluding ortho intramolecular Hbond substituents is 1. The first-order chi connectivity index (χ1) is 12.4. The van der Waals surface area contributed by atoms with E-state index in [2.05, 4.69) is 5.32 Å². The van der Waals surface area contributed by atoms with Crippen LogP contribution in [0.1, 0.15) is 45.7 Å². The Labute approximate surface area is 159 Å². The molecule has 0 bridgehead atoms. The van der Waals surface area contributed by atoms with E-state index in [1.54, 1.807) is 18.2 Å². The molecule has 27 heavy (non-hydrogen) atoms. The number of carbonyl (C=O) groups excluding carboxylic acids is 1. The number of phenols is 1. The Morgan fingerprint density at radius 3 is 2.30 bits per heavy atom. The van der Waals surface area contributed by atoms with Crippen LogP contribution in [0.4, 0.5) is 0 Å². The fourth-order valence-corrected chi connectivity index (χ4v) is 2.63. The van der Waals surface area contributed by atoms with Gasteiger partial charge in [-0.1, -0.05) is 12.1 Å². The van der Waals surface area contributed by atoms with E-state index in [1.165, 1.54) is 13.0 Å². The summed E-state index contributed by atoms with van der Waals surface area (Å²) in [5, 5.41) is 21.9. The molecule has 1 aromatic carbocycles. The molecule has 0 spiro atoms. The molecule has 0 unspecified atom stereocenters. The number of aromatic hydroxyl groups is 1. The highest BCUT2D eigenvalue weighted by atomic mass is 16.7. The van der Waals surface area contributed by atoms with Gasteiger partial charge in [0.25, 0.3) is 0 Å². The molecule has 0 saturated carbocycles. The van der Waals surface area contributed by atoms with Crippen molar-refractivity contribution in [3.05, 3.63) is 34.8 Å². The molecule has 0 aliphatic carbocycles. The van der Waals surface area contributed by atoms with Gasteiger partial charge in [0.2, 0.25) is 5.91 Å². The maximum atomic E-state index is 11.4. The van der Waals surface area contributed by atoms with E-state index in [-0.39, 0.29) is 24.6 Å². The molecule has 1 aliphatic heterocycles. The maximum Gasteiger partial charge on any atom is 0.492 e. The fourth-order valence-electron chi connectivity index (χ4n) is 2.63.